The van der Waals surface area contributed by atoms with Crippen LogP contribution in [0.5, 0.6) is 17.2 Å². The number of rotatable bonds is 10. The molecule has 0 heterocycles. The topological polar surface area (TPSA) is 110 Å². The van der Waals surface area contributed by atoms with Crippen molar-refractivity contribution in [3.8, 4) is 23.3 Å². The second kappa shape index (κ2) is 13.0. The molecule has 0 aromatic heterocycles. The van der Waals surface area contributed by atoms with Crippen LogP contribution in [0, 0.1) is 11.3 Å². The predicted octanol–water partition coefficient (Wildman–Crippen LogP) is 5.42. The molecule has 2 N–H and O–H groups in total. The van der Waals surface area contributed by atoms with Crippen LogP contribution in [0.15, 0.2) is 76.8 Å². The van der Waals surface area contributed by atoms with Gasteiger partial charge >= 0.3 is 0 Å². The minimum absolute atomic E-state index is 0.0851. The summed E-state index contributed by atoms with van der Waals surface area (Å²) >= 11 is 3.44. The Kier molecular flexibility index (Phi) is 9.48. The van der Waals surface area contributed by atoms with E-state index in [0.717, 1.165) is 0 Å². The highest BCUT2D eigenvalue weighted by molar-refractivity contribution is 9.10. The molecule has 0 bridgehead atoms. The third-order valence-electron chi connectivity index (χ3n) is 4.77. The highest BCUT2D eigenvalue weighted by Crippen LogP contribution is 2.37. The van der Waals surface area contributed by atoms with E-state index in [4.69, 9.17) is 14.2 Å². The van der Waals surface area contributed by atoms with E-state index in [9.17, 15) is 14.9 Å². The smallest absolute Gasteiger partial charge is 0.266 e. The molecule has 0 saturated carbocycles. The molecule has 9 heteroatoms. The van der Waals surface area contributed by atoms with Crippen molar-refractivity contribution < 1.29 is 23.8 Å². The second-order valence-electron chi connectivity index (χ2n) is 7.29. The molecule has 8 nitrogen and oxygen atoms in total. The number of para-hydroxylation sites is 3. The summed E-state index contributed by atoms with van der Waals surface area (Å²) in [6.07, 6.45) is 1.45. The van der Waals surface area contributed by atoms with E-state index < -0.39 is 5.91 Å². The number of anilines is 2. The van der Waals surface area contributed by atoms with Gasteiger partial charge in [0.25, 0.3) is 11.8 Å². The molecule has 0 unspecified atom stereocenters. The Labute approximate surface area is 217 Å². The van der Waals surface area contributed by atoms with Gasteiger partial charge in [-0.2, -0.15) is 5.26 Å². The first-order valence-corrected chi connectivity index (χ1v) is 11.7. The average Bonchev–Trinajstić information content (AvgIpc) is 2.87. The first kappa shape index (κ1) is 26.3. The molecule has 0 aliphatic carbocycles. The van der Waals surface area contributed by atoms with Gasteiger partial charge in [-0.1, -0.05) is 30.3 Å². The van der Waals surface area contributed by atoms with Crippen molar-refractivity contribution in [1.82, 2.24) is 0 Å². The Morgan fingerprint density at radius 1 is 1.00 bits per heavy atom. The lowest BCUT2D eigenvalue weighted by Gasteiger charge is -2.15. The number of halogens is 1. The summed E-state index contributed by atoms with van der Waals surface area (Å²) < 4.78 is 17.2. The number of hydrogen-bond acceptors (Lipinski definition) is 6. The third-order valence-corrected chi connectivity index (χ3v) is 5.36. The average molecular weight is 550 g/mol. The number of benzene rings is 3. The van der Waals surface area contributed by atoms with Gasteiger partial charge in [0.15, 0.2) is 18.1 Å². The van der Waals surface area contributed by atoms with E-state index in [1.807, 2.05) is 19.1 Å². The predicted molar refractivity (Wildman–Crippen MR) is 141 cm³/mol. The van der Waals surface area contributed by atoms with Crippen LogP contribution >= 0.6 is 15.9 Å². The summed E-state index contributed by atoms with van der Waals surface area (Å²) in [5.41, 5.74) is 1.56. The maximum absolute atomic E-state index is 12.6. The van der Waals surface area contributed by atoms with Crippen molar-refractivity contribution in [2.45, 2.75) is 6.92 Å². The fourth-order valence-electron chi connectivity index (χ4n) is 3.18. The normalized spacial score (nSPS) is 10.7. The molecule has 0 aliphatic rings. The van der Waals surface area contributed by atoms with Gasteiger partial charge in [-0.05, 0) is 70.9 Å². The number of amides is 2. The van der Waals surface area contributed by atoms with E-state index in [1.165, 1.54) is 13.2 Å². The molecule has 184 valence electrons. The molecular formula is C27H24BrN3O5. The summed E-state index contributed by atoms with van der Waals surface area (Å²) in [6, 6.07) is 21.1. The monoisotopic (exact) mass is 549 g/mol. The molecule has 3 rings (SSSR count). The van der Waals surface area contributed by atoms with Crippen LogP contribution in [0.2, 0.25) is 0 Å². The largest absolute Gasteiger partial charge is 0.495 e. The van der Waals surface area contributed by atoms with Crippen molar-refractivity contribution in [3.05, 3.63) is 82.3 Å². The zero-order chi connectivity index (χ0) is 25.9. The van der Waals surface area contributed by atoms with Gasteiger partial charge in [0.05, 0.1) is 23.9 Å². The molecule has 2 amide bonds. The molecule has 0 atom stereocenters. The molecule has 36 heavy (non-hydrogen) atoms. The lowest BCUT2D eigenvalue weighted by Crippen LogP contribution is -2.21. The van der Waals surface area contributed by atoms with Gasteiger partial charge in [-0.25, -0.2) is 0 Å². The molecule has 0 spiro atoms. The Morgan fingerprint density at radius 3 is 2.42 bits per heavy atom. The van der Waals surface area contributed by atoms with Crippen molar-refractivity contribution in [2.75, 3.05) is 31.0 Å². The Bertz CT molecular complexity index is 1300. The lowest BCUT2D eigenvalue weighted by molar-refractivity contribution is -0.118. The zero-order valence-corrected chi connectivity index (χ0v) is 21.3. The molecule has 0 saturated heterocycles. The number of carbonyl (C=O) groups is 2. The molecule has 3 aromatic carbocycles. The van der Waals surface area contributed by atoms with Crippen molar-refractivity contribution in [3.63, 3.8) is 0 Å². The second-order valence-corrected chi connectivity index (χ2v) is 8.14. The number of nitriles is 1. The molecule has 3 aromatic rings. The van der Waals surface area contributed by atoms with Crippen LogP contribution in [-0.4, -0.2) is 32.1 Å². The van der Waals surface area contributed by atoms with E-state index in [0.29, 0.717) is 45.3 Å². The number of ether oxygens (including phenoxy) is 3. The minimum atomic E-state index is -0.536. The Morgan fingerprint density at radius 2 is 1.72 bits per heavy atom. The maximum Gasteiger partial charge on any atom is 0.266 e. The molecule has 0 aliphatic heterocycles. The minimum Gasteiger partial charge on any atom is -0.495 e. The molecule has 0 radical (unpaired) electrons. The fourth-order valence-corrected chi connectivity index (χ4v) is 3.76. The van der Waals surface area contributed by atoms with Gasteiger partial charge < -0.3 is 24.8 Å². The highest BCUT2D eigenvalue weighted by atomic mass is 79.9. The van der Waals surface area contributed by atoms with Crippen LogP contribution in [0.3, 0.4) is 0 Å². The standard InChI is InChI=1S/C27H24BrN3O5/c1-3-35-24-15-18(13-19(16-29)27(33)30-20-9-5-4-6-10-20)14-21(28)26(24)36-17-25(32)31-22-11-7-8-12-23(22)34-2/h4-15H,3,17H2,1-2H3,(H,30,33)(H,31,32)/b19-13+. The fraction of sp³-hybridized carbons (Fsp3) is 0.148. The number of nitrogens with one attached hydrogen (secondary N) is 2. The summed E-state index contributed by atoms with van der Waals surface area (Å²) in [5, 5.41) is 15.0. The van der Waals surface area contributed by atoms with Gasteiger partial charge in [0, 0.05) is 5.69 Å². The molecule has 0 fully saturated rings. The van der Waals surface area contributed by atoms with Crippen molar-refractivity contribution in [2.24, 2.45) is 0 Å². The Balaban J connectivity index is 1.77. The van der Waals surface area contributed by atoms with E-state index >= 15 is 0 Å². The van der Waals surface area contributed by atoms with E-state index in [2.05, 4.69) is 26.6 Å². The van der Waals surface area contributed by atoms with Crippen LogP contribution in [0.4, 0.5) is 11.4 Å². The summed E-state index contributed by atoms with van der Waals surface area (Å²) in [5.74, 6) is 0.275. The first-order valence-electron chi connectivity index (χ1n) is 10.9. The van der Waals surface area contributed by atoms with Crippen LogP contribution in [0.1, 0.15) is 12.5 Å². The quantitative estimate of drug-likeness (QED) is 0.258. The maximum atomic E-state index is 12.6. The van der Waals surface area contributed by atoms with Gasteiger partial charge in [-0.3, -0.25) is 9.59 Å². The summed E-state index contributed by atoms with van der Waals surface area (Å²) in [7, 11) is 1.52. The van der Waals surface area contributed by atoms with Crippen LogP contribution in [-0.2, 0) is 9.59 Å². The van der Waals surface area contributed by atoms with Gasteiger partial charge in [0.2, 0.25) is 0 Å². The first-order chi connectivity index (χ1) is 17.4. The van der Waals surface area contributed by atoms with Crippen LogP contribution < -0.4 is 24.8 Å². The number of carbonyl (C=O) groups excluding carboxylic acids is 2. The number of methoxy groups -OCH3 is 1. The summed E-state index contributed by atoms with van der Waals surface area (Å²) in [6.45, 7) is 1.86. The Hall–Kier alpha value is -4.29. The highest BCUT2D eigenvalue weighted by Gasteiger charge is 2.16. The zero-order valence-electron chi connectivity index (χ0n) is 19.7. The van der Waals surface area contributed by atoms with Gasteiger partial charge in [-0.15, -0.1) is 0 Å². The molecular weight excluding hydrogens is 526 g/mol. The van der Waals surface area contributed by atoms with Crippen molar-refractivity contribution >= 4 is 45.2 Å². The van der Waals surface area contributed by atoms with E-state index in [-0.39, 0.29) is 18.1 Å². The third kappa shape index (κ3) is 7.10. The lowest BCUT2D eigenvalue weighted by atomic mass is 10.1. The number of nitrogens with zero attached hydrogens (tertiary/aromatic N) is 1. The van der Waals surface area contributed by atoms with Crippen molar-refractivity contribution in [1.29, 1.82) is 5.26 Å². The SMILES string of the molecule is CCOc1cc(/C=C(\C#N)C(=O)Nc2ccccc2)cc(Br)c1OCC(=O)Nc1ccccc1OC. The van der Waals surface area contributed by atoms with Crippen LogP contribution in [0.25, 0.3) is 6.08 Å². The number of hydrogen-bond donors (Lipinski definition) is 2. The van der Waals surface area contributed by atoms with E-state index in [1.54, 1.807) is 60.7 Å². The summed E-state index contributed by atoms with van der Waals surface area (Å²) in [4.78, 5) is 25.0. The van der Waals surface area contributed by atoms with Gasteiger partial charge in [0.1, 0.15) is 17.4 Å².